The molecule has 0 aliphatic heterocycles. The van der Waals surface area contributed by atoms with Crippen molar-refractivity contribution in [3.05, 3.63) is 35.9 Å². The summed E-state index contributed by atoms with van der Waals surface area (Å²) in [7, 11) is 1.34. The van der Waals surface area contributed by atoms with Crippen LogP contribution in [-0.2, 0) is 14.3 Å². The molecule has 1 aromatic carbocycles. The number of rotatable bonds is 5. The van der Waals surface area contributed by atoms with E-state index in [2.05, 4.69) is 5.32 Å². The molecule has 114 valence electrons. The summed E-state index contributed by atoms with van der Waals surface area (Å²) in [6.45, 7) is 0. The number of hydrogen-bond acceptors (Lipinski definition) is 3. The Morgan fingerprint density at radius 3 is 2.48 bits per heavy atom. The largest absolute Gasteiger partial charge is 0.467 e. The molecule has 1 unspecified atom stereocenters. The molecule has 1 fully saturated rings. The van der Waals surface area contributed by atoms with Crippen LogP contribution in [0, 0.1) is 5.92 Å². The van der Waals surface area contributed by atoms with Gasteiger partial charge in [-0.2, -0.15) is 0 Å². The smallest absolute Gasteiger partial charge is 0.333 e. The van der Waals surface area contributed by atoms with Gasteiger partial charge in [-0.05, 0) is 24.3 Å². The molecule has 1 amide bonds. The van der Waals surface area contributed by atoms with Crippen LogP contribution < -0.4 is 5.32 Å². The molecule has 1 aromatic rings. The number of carbonyl (C=O) groups is 2. The lowest BCUT2D eigenvalue weighted by molar-refractivity contribution is -0.145. The fourth-order valence-corrected chi connectivity index (χ4v) is 2.92. The normalized spacial score (nSPS) is 17.0. The van der Waals surface area contributed by atoms with Crippen LogP contribution >= 0.6 is 0 Å². The molecule has 1 saturated carbocycles. The van der Waals surface area contributed by atoms with Gasteiger partial charge in [0, 0.05) is 6.42 Å². The second kappa shape index (κ2) is 7.81. The fraction of sp³-hybridized carbons (Fsp3) is 0.529. The van der Waals surface area contributed by atoms with Gasteiger partial charge in [0.05, 0.1) is 7.11 Å². The third-order valence-corrected chi connectivity index (χ3v) is 4.07. The summed E-state index contributed by atoms with van der Waals surface area (Å²) in [5.74, 6) is -0.0489. The Hall–Kier alpha value is -1.84. The van der Waals surface area contributed by atoms with Gasteiger partial charge in [0.1, 0.15) is 0 Å². The van der Waals surface area contributed by atoms with Crippen molar-refractivity contribution in [2.24, 2.45) is 5.92 Å². The highest BCUT2D eigenvalue weighted by Crippen LogP contribution is 2.26. The number of amides is 1. The van der Waals surface area contributed by atoms with Gasteiger partial charge in [0.15, 0.2) is 6.04 Å². The van der Waals surface area contributed by atoms with Crippen molar-refractivity contribution in [1.82, 2.24) is 5.32 Å². The average Bonchev–Trinajstić information content (AvgIpc) is 2.53. The van der Waals surface area contributed by atoms with Gasteiger partial charge >= 0.3 is 5.97 Å². The quantitative estimate of drug-likeness (QED) is 0.848. The zero-order valence-corrected chi connectivity index (χ0v) is 12.5. The summed E-state index contributed by atoms with van der Waals surface area (Å²) in [5, 5.41) is 2.82. The molecule has 4 nitrogen and oxygen atoms in total. The van der Waals surface area contributed by atoms with Crippen LogP contribution in [0.25, 0.3) is 0 Å². The first-order chi connectivity index (χ1) is 10.2. The van der Waals surface area contributed by atoms with Crippen molar-refractivity contribution in [3.63, 3.8) is 0 Å². The zero-order chi connectivity index (χ0) is 15.1. The Morgan fingerprint density at radius 1 is 1.19 bits per heavy atom. The topological polar surface area (TPSA) is 55.4 Å². The lowest BCUT2D eigenvalue weighted by Crippen LogP contribution is -2.35. The molecule has 21 heavy (non-hydrogen) atoms. The molecule has 0 heterocycles. The minimum Gasteiger partial charge on any atom is -0.467 e. The maximum atomic E-state index is 12.2. The minimum absolute atomic E-state index is 0.0684. The van der Waals surface area contributed by atoms with Crippen LogP contribution in [0.1, 0.15) is 50.1 Å². The van der Waals surface area contributed by atoms with Crippen LogP contribution in [0.15, 0.2) is 30.3 Å². The molecule has 0 bridgehead atoms. The monoisotopic (exact) mass is 289 g/mol. The number of methoxy groups -OCH3 is 1. The minimum atomic E-state index is -0.715. The molecule has 0 radical (unpaired) electrons. The molecule has 1 atom stereocenters. The average molecular weight is 289 g/mol. The van der Waals surface area contributed by atoms with Gasteiger partial charge in [-0.3, -0.25) is 4.79 Å². The van der Waals surface area contributed by atoms with E-state index in [1.165, 1.54) is 26.4 Å². The first kappa shape index (κ1) is 15.5. The van der Waals surface area contributed by atoms with Gasteiger partial charge in [-0.15, -0.1) is 0 Å². The Labute approximate surface area is 125 Å². The Bertz CT molecular complexity index is 466. The van der Waals surface area contributed by atoms with Crippen molar-refractivity contribution >= 4 is 11.9 Å². The summed E-state index contributed by atoms with van der Waals surface area (Å²) >= 11 is 0. The number of benzene rings is 1. The molecule has 2 rings (SSSR count). The number of nitrogens with one attached hydrogen (secondary N) is 1. The lowest BCUT2D eigenvalue weighted by atomic mass is 9.87. The van der Waals surface area contributed by atoms with E-state index in [9.17, 15) is 9.59 Å². The zero-order valence-electron chi connectivity index (χ0n) is 12.5. The van der Waals surface area contributed by atoms with Crippen LogP contribution in [0.5, 0.6) is 0 Å². The summed E-state index contributed by atoms with van der Waals surface area (Å²) in [4.78, 5) is 24.1. The standard InChI is InChI=1S/C17H23NO3/c1-21-17(20)16(14-10-6-3-7-11-14)18-15(19)12-13-8-4-2-5-9-13/h3,6-7,10-11,13,16H,2,4-5,8-9,12H2,1H3,(H,18,19). The summed E-state index contributed by atoms with van der Waals surface area (Å²) < 4.78 is 4.80. The Kier molecular flexibility index (Phi) is 5.78. The van der Waals surface area contributed by atoms with Crippen molar-refractivity contribution in [1.29, 1.82) is 0 Å². The van der Waals surface area contributed by atoms with Gasteiger partial charge in [0.2, 0.25) is 5.91 Å². The molecule has 1 aliphatic rings. The second-order valence-corrected chi connectivity index (χ2v) is 5.64. The van der Waals surface area contributed by atoms with Crippen molar-refractivity contribution in [2.45, 2.75) is 44.6 Å². The number of ether oxygens (including phenoxy) is 1. The van der Waals surface area contributed by atoms with Crippen LogP contribution in [0.3, 0.4) is 0 Å². The molecule has 0 spiro atoms. The van der Waals surface area contributed by atoms with Gasteiger partial charge < -0.3 is 10.1 Å². The molecule has 0 aromatic heterocycles. The number of carbonyl (C=O) groups excluding carboxylic acids is 2. The van der Waals surface area contributed by atoms with E-state index in [1.54, 1.807) is 0 Å². The van der Waals surface area contributed by atoms with E-state index < -0.39 is 12.0 Å². The molecule has 1 N–H and O–H groups in total. The highest BCUT2D eigenvalue weighted by atomic mass is 16.5. The van der Waals surface area contributed by atoms with E-state index in [1.807, 2.05) is 30.3 Å². The van der Waals surface area contributed by atoms with Crippen LogP contribution in [0.4, 0.5) is 0 Å². The third kappa shape index (κ3) is 4.59. The first-order valence-electron chi connectivity index (χ1n) is 7.63. The highest BCUT2D eigenvalue weighted by molar-refractivity contribution is 5.85. The van der Waals surface area contributed by atoms with Crippen molar-refractivity contribution in [3.8, 4) is 0 Å². The molecule has 4 heteroatoms. The van der Waals surface area contributed by atoms with E-state index in [4.69, 9.17) is 4.74 Å². The van der Waals surface area contributed by atoms with Crippen LogP contribution in [0.2, 0.25) is 0 Å². The highest BCUT2D eigenvalue weighted by Gasteiger charge is 2.25. The van der Waals surface area contributed by atoms with E-state index in [0.29, 0.717) is 12.3 Å². The summed E-state index contributed by atoms with van der Waals surface area (Å²) in [6, 6.07) is 8.50. The first-order valence-corrected chi connectivity index (χ1v) is 7.63. The van der Waals surface area contributed by atoms with Crippen molar-refractivity contribution in [2.75, 3.05) is 7.11 Å². The van der Waals surface area contributed by atoms with Gasteiger partial charge in [0.25, 0.3) is 0 Å². The van der Waals surface area contributed by atoms with Crippen molar-refractivity contribution < 1.29 is 14.3 Å². The maximum absolute atomic E-state index is 12.2. The molecule has 1 aliphatic carbocycles. The molecular formula is C17H23NO3. The second-order valence-electron chi connectivity index (χ2n) is 5.64. The predicted molar refractivity (Wildman–Crippen MR) is 80.5 cm³/mol. The SMILES string of the molecule is COC(=O)C(NC(=O)CC1CCCCC1)c1ccccc1. The number of esters is 1. The van der Waals surface area contributed by atoms with Crippen LogP contribution in [-0.4, -0.2) is 19.0 Å². The Morgan fingerprint density at radius 2 is 1.86 bits per heavy atom. The van der Waals surface area contributed by atoms with E-state index in [0.717, 1.165) is 18.4 Å². The Balaban J connectivity index is 1.98. The predicted octanol–water partition coefficient (Wildman–Crippen LogP) is 2.99. The fourth-order valence-electron chi connectivity index (χ4n) is 2.92. The summed E-state index contributed by atoms with van der Waals surface area (Å²) in [5.41, 5.74) is 0.751. The number of hydrogen-bond donors (Lipinski definition) is 1. The van der Waals surface area contributed by atoms with Gasteiger partial charge in [-0.25, -0.2) is 4.79 Å². The maximum Gasteiger partial charge on any atom is 0.333 e. The lowest BCUT2D eigenvalue weighted by Gasteiger charge is -2.22. The molecule has 0 saturated heterocycles. The van der Waals surface area contributed by atoms with Gasteiger partial charge in [-0.1, -0.05) is 49.6 Å². The van der Waals surface area contributed by atoms with E-state index in [-0.39, 0.29) is 5.91 Å². The summed E-state index contributed by atoms with van der Waals surface area (Å²) in [6.07, 6.45) is 6.41. The third-order valence-electron chi connectivity index (χ3n) is 4.07. The van der Waals surface area contributed by atoms with E-state index >= 15 is 0 Å². The molecular weight excluding hydrogens is 266 g/mol.